The highest BCUT2D eigenvalue weighted by Gasteiger charge is 2.47. The zero-order valence-corrected chi connectivity index (χ0v) is 44.8. The maximum absolute atomic E-state index is 13.3. The summed E-state index contributed by atoms with van der Waals surface area (Å²) in [7, 11) is 0. The monoisotopic (exact) mass is 998 g/mol. The molecule has 0 saturated carbocycles. The van der Waals surface area contributed by atoms with Crippen molar-refractivity contribution in [1.29, 1.82) is 0 Å². The molecule has 11 heteroatoms. The summed E-state index contributed by atoms with van der Waals surface area (Å²) < 4.78 is 17.5. The van der Waals surface area contributed by atoms with Crippen LogP contribution in [0.1, 0.15) is 220 Å². The number of hydrogen-bond acceptors (Lipinski definition) is 10. The van der Waals surface area contributed by atoms with Crippen molar-refractivity contribution in [2.45, 2.75) is 269 Å². The first-order valence-electron chi connectivity index (χ1n) is 28.4. The van der Waals surface area contributed by atoms with Gasteiger partial charge >= 0.3 is 5.97 Å². The Morgan fingerprint density at radius 2 is 1.01 bits per heavy atom. The van der Waals surface area contributed by atoms with E-state index in [2.05, 4.69) is 86.8 Å². The molecule has 1 rings (SSSR count). The molecule has 1 amide bonds. The molecule has 0 bridgehead atoms. The van der Waals surface area contributed by atoms with Gasteiger partial charge in [-0.3, -0.25) is 9.59 Å². The minimum atomic E-state index is -1.64. The van der Waals surface area contributed by atoms with Crippen molar-refractivity contribution in [2.24, 2.45) is 0 Å². The number of carbonyl (C=O) groups is 2. The molecule has 0 aromatic carbocycles. The molecule has 11 nitrogen and oxygen atoms in total. The van der Waals surface area contributed by atoms with Crippen molar-refractivity contribution < 1.29 is 49.3 Å². The maximum Gasteiger partial charge on any atom is 0.306 e. The van der Waals surface area contributed by atoms with Crippen molar-refractivity contribution in [3.05, 3.63) is 85.1 Å². The van der Waals surface area contributed by atoms with Crippen LogP contribution in [0.3, 0.4) is 0 Å². The summed E-state index contributed by atoms with van der Waals surface area (Å²) in [6, 6.07) is -1.04. The van der Waals surface area contributed by atoms with E-state index in [9.17, 15) is 35.1 Å². The maximum atomic E-state index is 13.3. The van der Waals surface area contributed by atoms with Gasteiger partial charge in [0.15, 0.2) is 12.4 Å². The molecular weight excluding hydrogens is 895 g/mol. The van der Waals surface area contributed by atoms with Crippen molar-refractivity contribution >= 4 is 11.9 Å². The number of hydrogen-bond donors (Lipinski definition) is 6. The number of unbranched alkanes of at least 4 members (excludes halogenated alkanes) is 21. The number of rotatable bonds is 46. The van der Waals surface area contributed by atoms with Crippen molar-refractivity contribution in [1.82, 2.24) is 5.32 Å². The normalized spacial score (nSPS) is 20.3. The fraction of sp³-hybridized carbons (Fsp3) is 0.733. The third kappa shape index (κ3) is 36.4. The van der Waals surface area contributed by atoms with Crippen LogP contribution < -0.4 is 5.32 Å². The number of nitrogens with one attached hydrogen (secondary N) is 1. The molecule has 1 fully saturated rings. The van der Waals surface area contributed by atoms with E-state index >= 15 is 0 Å². The van der Waals surface area contributed by atoms with Crippen LogP contribution in [0.2, 0.25) is 0 Å². The Balaban J connectivity index is 2.78. The van der Waals surface area contributed by atoms with Gasteiger partial charge in [0.1, 0.15) is 24.4 Å². The first-order valence-corrected chi connectivity index (χ1v) is 28.4. The van der Waals surface area contributed by atoms with Crippen molar-refractivity contribution in [2.75, 3.05) is 13.2 Å². The average molecular weight is 998 g/mol. The molecule has 0 aromatic heterocycles. The predicted octanol–water partition coefficient (Wildman–Crippen LogP) is 12.6. The second-order valence-corrected chi connectivity index (χ2v) is 19.3. The van der Waals surface area contributed by atoms with Gasteiger partial charge in [0.25, 0.3) is 0 Å². The molecule has 1 aliphatic heterocycles. The second kappa shape index (κ2) is 47.8. The predicted molar refractivity (Wildman–Crippen MR) is 292 cm³/mol. The Morgan fingerprint density at radius 3 is 1.56 bits per heavy atom. The van der Waals surface area contributed by atoms with Gasteiger partial charge in [-0.1, -0.05) is 209 Å². The van der Waals surface area contributed by atoms with Crippen LogP contribution in [0.5, 0.6) is 0 Å². The number of aliphatic hydroxyl groups excluding tert-OH is 5. The molecule has 8 atom stereocenters. The Hall–Kier alpha value is -3.16. The number of amides is 1. The van der Waals surface area contributed by atoms with Gasteiger partial charge in [0, 0.05) is 6.42 Å². The first kappa shape index (κ1) is 65.9. The number of esters is 1. The Bertz CT molecular complexity index is 1470. The lowest BCUT2D eigenvalue weighted by atomic mass is 9.99. The standard InChI is InChI=1S/C60H103NO10/c1-4-7-10-13-16-19-22-24-26-27-28-30-33-36-39-42-45-48-55(65)71-58-57(67)56(66)54(49-62)70-60(58)69-50-51(52(63)46-43-40-37-34-31-21-18-15-12-9-6-3)61-59(68)53(64)47-44-41-38-35-32-29-25-23-20-17-14-11-8-5-2/h16-17,19-20,23-26,28,30,36,39,43,46,51-54,56-58,60,62-64,66-67H,4-15,18,21-22,27,29,31-35,37-38,40-42,44-45,47-50H2,1-3H3,(H,61,68)/b19-16-,20-17+,25-23+,26-24-,30-28-,39-36-,46-43+. The van der Waals surface area contributed by atoms with Gasteiger partial charge in [-0.15, -0.1) is 0 Å². The molecule has 1 aliphatic rings. The summed E-state index contributed by atoms with van der Waals surface area (Å²) in [6.45, 7) is 5.66. The molecule has 0 aromatic rings. The summed E-state index contributed by atoms with van der Waals surface area (Å²) in [5, 5.41) is 56.7. The van der Waals surface area contributed by atoms with E-state index in [1.807, 2.05) is 18.2 Å². The highest BCUT2D eigenvalue weighted by Crippen LogP contribution is 2.26. The molecule has 6 N–H and O–H groups in total. The Morgan fingerprint density at radius 1 is 0.563 bits per heavy atom. The van der Waals surface area contributed by atoms with Crippen LogP contribution in [0.25, 0.3) is 0 Å². The largest absolute Gasteiger partial charge is 0.454 e. The van der Waals surface area contributed by atoms with Gasteiger partial charge in [0.2, 0.25) is 5.91 Å². The van der Waals surface area contributed by atoms with Gasteiger partial charge in [0.05, 0.1) is 25.4 Å². The van der Waals surface area contributed by atoms with Crippen LogP contribution in [0.15, 0.2) is 85.1 Å². The lowest BCUT2D eigenvalue weighted by molar-refractivity contribution is -0.305. The molecule has 0 spiro atoms. The van der Waals surface area contributed by atoms with E-state index in [0.29, 0.717) is 19.3 Å². The number of allylic oxidation sites excluding steroid dienone is 13. The van der Waals surface area contributed by atoms with Gasteiger partial charge in [-0.05, 0) is 89.9 Å². The van der Waals surface area contributed by atoms with E-state index in [4.69, 9.17) is 14.2 Å². The summed E-state index contributed by atoms with van der Waals surface area (Å²) in [4.78, 5) is 26.4. The lowest BCUT2D eigenvalue weighted by Gasteiger charge is -2.41. The van der Waals surface area contributed by atoms with E-state index in [1.165, 1.54) is 77.0 Å². The first-order chi connectivity index (χ1) is 34.7. The van der Waals surface area contributed by atoms with Crippen LogP contribution >= 0.6 is 0 Å². The van der Waals surface area contributed by atoms with Crippen LogP contribution in [0, 0.1) is 0 Å². The minimum absolute atomic E-state index is 0.0427. The number of carbonyl (C=O) groups excluding carboxylic acids is 2. The topological polar surface area (TPSA) is 175 Å². The van der Waals surface area contributed by atoms with Gasteiger partial charge < -0.3 is 45.1 Å². The van der Waals surface area contributed by atoms with E-state index < -0.39 is 67.4 Å². The fourth-order valence-corrected chi connectivity index (χ4v) is 8.22. The zero-order chi connectivity index (χ0) is 51.8. The second-order valence-electron chi connectivity index (χ2n) is 19.3. The van der Waals surface area contributed by atoms with Crippen molar-refractivity contribution in [3.63, 3.8) is 0 Å². The molecular formula is C60H103NO10. The highest BCUT2D eigenvalue weighted by atomic mass is 16.7. The third-order valence-electron chi connectivity index (χ3n) is 12.8. The smallest absolute Gasteiger partial charge is 0.306 e. The molecule has 408 valence electrons. The molecule has 1 saturated heterocycles. The van der Waals surface area contributed by atoms with Crippen molar-refractivity contribution in [3.8, 4) is 0 Å². The number of aliphatic hydroxyl groups is 5. The highest BCUT2D eigenvalue weighted by molar-refractivity contribution is 5.80. The lowest BCUT2D eigenvalue weighted by Crippen LogP contribution is -2.61. The molecule has 1 heterocycles. The quantitative estimate of drug-likeness (QED) is 0.0149. The van der Waals surface area contributed by atoms with Crippen LogP contribution in [-0.4, -0.2) is 99.6 Å². The van der Waals surface area contributed by atoms with Gasteiger partial charge in [-0.25, -0.2) is 0 Å². The molecule has 8 unspecified atom stereocenters. The summed E-state index contributed by atoms with van der Waals surface area (Å²) in [5.41, 5.74) is 0. The summed E-state index contributed by atoms with van der Waals surface area (Å²) >= 11 is 0. The van der Waals surface area contributed by atoms with Gasteiger partial charge in [-0.2, -0.15) is 0 Å². The summed E-state index contributed by atoms with van der Waals surface area (Å²) in [5.74, 6) is -1.27. The third-order valence-corrected chi connectivity index (χ3v) is 12.8. The fourth-order valence-electron chi connectivity index (χ4n) is 8.22. The van der Waals surface area contributed by atoms with E-state index in [1.54, 1.807) is 6.08 Å². The summed E-state index contributed by atoms with van der Waals surface area (Å²) in [6.07, 6.45) is 50.6. The molecule has 0 radical (unpaired) electrons. The Labute approximate surface area is 432 Å². The molecule has 71 heavy (non-hydrogen) atoms. The minimum Gasteiger partial charge on any atom is -0.454 e. The van der Waals surface area contributed by atoms with E-state index in [0.717, 1.165) is 89.9 Å². The zero-order valence-electron chi connectivity index (χ0n) is 44.8. The van der Waals surface area contributed by atoms with E-state index in [-0.39, 0.29) is 19.4 Å². The number of ether oxygens (including phenoxy) is 3. The van der Waals surface area contributed by atoms with Crippen LogP contribution in [0.4, 0.5) is 0 Å². The van der Waals surface area contributed by atoms with Crippen LogP contribution in [-0.2, 0) is 23.8 Å². The molecule has 0 aliphatic carbocycles. The SMILES string of the molecule is CCCCC/C=C\C/C=C\C/C=C\C/C=C\CCCC(=O)OC1C(OCC(NC(=O)C(O)CCCCCCC/C=C/C=C/CCCCC)C(O)/C=C/CCCCCCCCCCC)OC(CO)C(O)C1O. The average Bonchev–Trinajstić information content (AvgIpc) is 3.37. The Kier molecular flexibility index (Phi) is 44.4.